The molecule has 2 rings (SSSR count). The number of hydrogen-bond donors (Lipinski definition) is 1. The SMILES string of the molecule is CSC[C@@H]1CCN(C(=O)Nc2ccc(SC(F)F)cc2)C1. The van der Waals surface area contributed by atoms with E-state index in [-0.39, 0.29) is 6.03 Å². The Labute approximate surface area is 131 Å². The predicted octanol–water partition coefficient (Wildman–Crippen LogP) is 4.22. The quantitative estimate of drug-likeness (QED) is 0.820. The van der Waals surface area contributed by atoms with Gasteiger partial charge in [0.1, 0.15) is 0 Å². The average Bonchev–Trinajstić information content (AvgIpc) is 2.89. The van der Waals surface area contributed by atoms with Crippen molar-refractivity contribution < 1.29 is 13.6 Å². The monoisotopic (exact) mass is 332 g/mol. The average molecular weight is 332 g/mol. The molecule has 1 heterocycles. The zero-order valence-electron chi connectivity index (χ0n) is 11.7. The summed E-state index contributed by atoms with van der Waals surface area (Å²) in [7, 11) is 0. The molecule has 0 saturated carbocycles. The number of nitrogens with one attached hydrogen (secondary N) is 1. The van der Waals surface area contributed by atoms with E-state index in [4.69, 9.17) is 0 Å². The molecule has 0 bridgehead atoms. The summed E-state index contributed by atoms with van der Waals surface area (Å²) in [6, 6.07) is 6.36. The third kappa shape index (κ3) is 5.07. The molecular weight excluding hydrogens is 314 g/mol. The number of halogens is 2. The van der Waals surface area contributed by atoms with E-state index in [1.54, 1.807) is 36.0 Å². The van der Waals surface area contributed by atoms with Gasteiger partial charge in [-0.3, -0.25) is 0 Å². The first-order valence-electron chi connectivity index (χ1n) is 6.68. The van der Waals surface area contributed by atoms with E-state index >= 15 is 0 Å². The number of rotatable bonds is 5. The van der Waals surface area contributed by atoms with Crippen LogP contribution in [0.5, 0.6) is 0 Å². The van der Waals surface area contributed by atoms with Crippen molar-refractivity contribution in [3.63, 3.8) is 0 Å². The van der Waals surface area contributed by atoms with E-state index in [2.05, 4.69) is 11.6 Å². The number of anilines is 1. The molecule has 1 saturated heterocycles. The minimum Gasteiger partial charge on any atom is -0.324 e. The van der Waals surface area contributed by atoms with Crippen LogP contribution in [-0.2, 0) is 0 Å². The number of amides is 2. The third-order valence-electron chi connectivity index (χ3n) is 3.31. The van der Waals surface area contributed by atoms with E-state index in [0.717, 1.165) is 25.3 Å². The maximum absolute atomic E-state index is 12.2. The summed E-state index contributed by atoms with van der Waals surface area (Å²) in [6.45, 7) is 1.56. The zero-order valence-corrected chi connectivity index (χ0v) is 13.4. The molecule has 0 radical (unpaired) electrons. The van der Waals surface area contributed by atoms with Crippen LogP contribution in [0.3, 0.4) is 0 Å². The lowest BCUT2D eigenvalue weighted by Crippen LogP contribution is -2.33. The van der Waals surface area contributed by atoms with Crippen molar-refractivity contribution in [3.8, 4) is 0 Å². The molecule has 3 nitrogen and oxygen atoms in total. The molecule has 0 aliphatic carbocycles. The van der Waals surface area contributed by atoms with Gasteiger partial charge in [0.05, 0.1) is 0 Å². The van der Waals surface area contributed by atoms with E-state index in [9.17, 15) is 13.6 Å². The van der Waals surface area contributed by atoms with E-state index < -0.39 is 5.76 Å². The maximum atomic E-state index is 12.2. The Morgan fingerprint density at radius 1 is 1.43 bits per heavy atom. The first-order valence-corrected chi connectivity index (χ1v) is 8.95. The number of hydrogen-bond acceptors (Lipinski definition) is 3. The number of alkyl halides is 2. The molecule has 1 atom stereocenters. The highest BCUT2D eigenvalue weighted by molar-refractivity contribution is 7.99. The second-order valence-electron chi connectivity index (χ2n) is 4.89. The van der Waals surface area contributed by atoms with Crippen LogP contribution in [0.1, 0.15) is 6.42 Å². The summed E-state index contributed by atoms with van der Waals surface area (Å²) < 4.78 is 24.4. The maximum Gasteiger partial charge on any atom is 0.321 e. The van der Waals surface area contributed by atoms with E-state index in [0.29, 0.717) is 28.3 Å². The molecule has 0 spiro atoms. The highest BCUT2D eigenvalue weighted by Crippen LogP contribution is 2.26. The fraction of sp³-hybridized carbons (Fsp3) is 0.500. The fourth-order valence-electron chi connectivity index (χ4n) is 2.31. The summed E-state index contributed by atoms with van der Waals surface area (Å²) >= 11 is 2.30. The summed E-state index contributed by atoms with van der Waals surface area (Å²) in [4.78, 5) is 14.4. The molecule has 1 N–H and O–H groups in total. The van der Waals surface area contributed by atoms with Crippen molar-refractivity contribution >= 4 is 35.2 Å². The van der Waals surface area contributed by atoms with Crippen molar-refractivity contribution in [1.29, 1.82) is 0 Å². The Morgan fingerprint density at radius 3 is 2.76 bits per heavy atom. The Balaban J connectivity index is 1.85. The van der Waals surface area contributed by atoms with Crippen LogP contribution in [0.25, 0.3) is 0 Å². The van der Waals surface area contributed by atoms with Crippen LogP contribution in [0.4, 0.5) is 19.3 Å². The number of urea groups is 1. The number of carbonyl (C=O) groups excluding carboxylic acids is 1. The molecule has 1 aliphatic heterocycles. The first kappa shape index (κ1) is 16.4. The van der Waals surface area contributed by atoms with Gasteiger partial charge >= 0.3 is 6.03 Å². The minimum atomic E-state index is -2.43. The number of carbonyl (C=O) groups is 1. The highest BCUT2D eigenvalue weighted by Gasteiger charge is 2.25. The Hall–Kier alpha value is -0.950. The van der Waals surface area contributed by atoms with Crippen molar-refractivity contribution in [2.75, 3.05) is 30.4 Å². The molecule has 7 heteroatoms. The predicted molar refractivity (Wildman–Crippen MR) is 85.4 cm³/mol. The second-order valence-corrected chi connectivity index (χ2v) is 6.86. The van der Waals surface area contributed by atoms with Crippen molar-refractivity contribution in [1.82, 2.24) is 4.90 Å². The van der Waals surface area contributed by atoms with Crippen LogP contribution < -0.4 is 5.32 Å². The van der Waals surface area contributed by atoms with Gasteiger partial charge in [-0.1, -0.05) is 11.8 Å². The summed E-state index contributed by atoms with van der Waals surface area (Å²) in [5.74, 6) is -0.789. The first-order chi connectivity index (χ1) is 10.1. The molecule has 1 aromatic rings. The molecule has 1 fully saturated rings. The van der Waals surface area contributed by atoms with Crippen molar-refractivity contribution in [3.05, 3.63) is 24.3 Å². The molecule has 116 valence electrons. The molecular formula is C14H18F2N2OS2. The summed E-state index contributed by atoms with van der Waals surface area (Å²) in [5, 5.41) is 2.81. The zero-order chi connectivity index (χ0) is 15.2. The van der Waals surface area contributed by atoms with E-state index in [1.165, 1.54) is 0 Å². The lowest BCUT2D eigenvalue weighted by molar-refractivity contribution is 0.221. The van der Waals surface area contributed by atoms with Gasteiger partial charge in [-0.25, -0.2) is 4.79 Å². The molecule has 0 aromatic heterocycles. The molecule has 0 unspecified atom stereocenters. The third-order valence-corrected chi connectivity index (χ3v) is 4.83. The van der Waals surface area contributed by atoms with Gasteiger partial charge < -0.3 is 10.2 Å². The topological polar surface area (TPSA) is 32.3 Å². The van der Waals surface area contributed by atoms with Crippen LogP contribution in [0.2, 0.25) is 0 Å². The number of nitrogens with zero attached hydrogens (tertiary/aromatic N) is 1. The molecule has 21 heavy (non-hydrogen) atoms. The normalized spacial score (nSPS) is 18.3. The summed E-state index contributed by atoms with van der Waals surface area (Å²) in [5.41, 5.74) is 0.631. The molecule has 1 aliphatic rings. The fourth-order valence-corrected chi connectivity index (χ4v) is 3.55. The van der Waals surface area contributed by atoms with Gasteiger partial charge in [0.2, 0.25) is 0 Å². The van der Waals surface area contributed by atoms with Crippen molar-refractivity contribution in [2.45, 2.75) is 17.1 Å². The standard InChI is InChI=1S/C14H18F2N2OS2/c1-20-9-10-6-7-18(8-10)14(19)17-11-2-4-12(5-3-11)21-13(15)16/h2-5,10,13H,6-9H2,1H3,(H,17,19)/t10-/m1/s1. The minimum absolute atomic E-state index is 0.118. The van der Waals surface area contributed by atoms with Gasteiger partial charge in [0, 0.05) is 23.7 Å². The van der Waals surface area contributed by atoms with Crippen molar-refractivity contribution in [2.24, 2.45) is 5.92 Å². The highest BCUT2D eigenvalue weighted by atomic mass is 32.2. The van der Waals surface area contributed by atoms with E-state index in [1.807, 2.05) is 4.90 Å². The summed E-state index contributed by atoms with van der Waals surface area (Å²) in [6.07, 6.45) is 3.11. The van der Waals surface area contributed by atoms with Gasteiger partial charge in [-0.2, -0.15) is 20.5 Å². The molecule has 2 amide bonds. The van der Waals surface area contributed by atoms with Crippen LogP contribution in [0, 0.1) is 5.92 Å². The lowest BCUT2D eigenvalue weighted by Gasteiger charge is -2.17. The Morgan fingerprint density at radius 2 is 2.14 bits per heavy atom. The number of thioether (sulfide) groups is 2. The number of benzene rings is 1. The van der Waals surface area contributed by atoms with Gasteiger partial charge in [0.15, 0.2) is 0 Å². The lowest BCUT2D eigenvalue weighted by atomic mass is 10.2. The van der Waals surface area contributed by atoms with Gasteiger partial charge in [-0.15, -0.1) is 0 Å². The smallest absolute Gasteiger partial charge is 0.321 e. The second kappa shape index (κ2) is 7.89. The Kier molecular flexibility index (Phi) is 6.17. The Bertz CT molecular complexity index is 471. The molecule has 1 aromatic carbocycles. The largest absolute Gasteiger partial charge is 0.324 e. The van der Waals surface area contributed by atoms with Crippen LogP contribution in [-0.4, -0.2) is 41.8 Å². The van der Waals surface area contributed by atoms with Gasteiger partial charge in [0.25, 0.3) is 5.76 Å². The van der Waals surface area contributed by atoms with Crippen LogP contribution in [0.15, 0.2) is 29.2 Å². The number of likely N-dealkylation sites (tertiary alicyclic amines) is 1. The van der Waals surface area contributed by atoms with Crippen LogP contribution >= 0.6 is 23.5 Å². The van der Waals surface area contributed by atoms with Gasteiger partial charge in [-0.05, 0) is 48.6 Å².